The summed E-state index contributed by atoms with van der Waals surface area (Å²) in [4.78, 5) is 0. The van der Waals surface area contributed by atoms with Crippen molar-refractivity contribution in [3.05, 3.63) is 53.6 Å². The molecule has 0 aliphatic rings. The molecule has 0 saturated heterocycles. The Balaban J connectivity index is 2.60. The van der Waals surface area contributed by atoms with Gasteiger partial charge in [0.2, 0.25) is 0 Å². The van der Waals surface area contributed by atoms with Crippen LogP contribution in [0.3, 0.4) is 0 Å². The van der Waals surface area contributed by atoms with Crippen LogP contribution in [0.1, 0.15) is 11.1 Å². The van der Waals surface area contributed by atoms with Gasteiger partial charge in [0.25, 0.3) is 0 Å². The Labute approximate surface area is 90.6 Å². The number of hydrogen-bond acceptors (Lipinski definition) is 1. The summed E-state index contributed by atoms with van der Waals surface area (Å²) in [5, 5.41) is 0. The highest BCUT2D eigenvalue weighted by molar-refractivity contribution is 5.72. The maximum absolute atomic E-state index is 5.87. The number of nitrogen functional groups attached to an aromatic ring is 1. The lowest BCUT2D eigenvalue weighted by molar-refractivity contribution is 1.34. The second-order valence-corrected chi connectivity index (χ2v) is 3.82. The minimum atomic E-state index is 0.868. The Hall–Kier alpha value is -1.76. The van der Waals surface area contributed by atoms with E-state index >= 15 is 0 Å². The van der Waals surface area contributed by atoms with Gasteiger partial charge in [0.1, 0.15) is 0 Å². The lowest BCUT2D eigenvalue weighted by atomic mass is 9.96. The summed E-state index contributed by atoms with van der Waals surface area (Å²) in [5.41, 5.74) is 11.7. The number of rotatable bonds is 1. The predicted octanol–water partition coefficient (Wildman–Crippen LogP) is 3.55. The molecule has 0 unspecified atom stereocenters. The molecular formula is C14H15N. The fourth-order valence-corrected chi connectivity index (χ4v) is 1.77. The normalized spacial score (nSPS) is 10.3. The van der Waals surface area contributed by atoms with Crippen molar-refractivity contribution < 1.29 is 0 Å². The van der Waals surface area contributed by atoms with E-state index in [2.05, 4.69) is 44.2 Å². The Kier molecular flexibility index (Phi) is 2.46. The maximum Gasteiger partial charge on any atom is 0.0346 e. The summed E-state index contributed by atoms with van der Waals surface area (Å²) in [6, 6.07) is 14.5. The molecule has 1 heteroatoms. The molecule has 0 aromatic heterocycles. The Bertz CT molecular complexity index is 472. The van der Waals surface area contributed by atoms with Gasteiger partial charge in [0.15, 0.2) is 0 Å². The summed E-state index contributed by atoms with van der Waals surface area (Å²) in [7, 11) is 0. The van der Waals surface area contributed by atoms with Gasteiger partial charge in [0.05, 0.1) is 0 Å². The molecule has 2 N–H and O–H groups in total. The predicted molar refractivity (Wildman–Crippen MR) is 65.8 cm³/mol. The van der Waals surface area contributed by atoms with Crippen molar-refractivity contribution in [1.82, 2.24) is 0 Å². The van der Waals surface area contributed by atoms with Crippen LogP contribution in [0.2, 0.25) is 0 Å². The number of nitrogens with two attached hydrogens (primary N) is 1. The second kappa shape index (κ2) is 3.77. The van der Waals surface area contributed by atoms with E-state index in [0.29, 0.717) is 0 Å². The highest BCUT2D eigenvalue weighted by Gasteiger charge is 2.05. The minimum absolute atomic E-state index is 0.868. The van der Waals surface area contributed by atoms with Gasteiger partial charge < -0.3 is 5.73 Å². The minimum Gasteiger partial charge on any atom is -0.399 e. The van der Waals surface area contributed by atoms with Crippen LogP contribution >= 0.6 is 0 Å². The van der Waals surface area contributed by atoms with E-state index in [9.17, 15) is 0 Å². The molecule has 0 bridgehead atoms. The molecule has 76 valence electrons. The first-order valence-electron chi connectivity index (χ1n) is 5.11. The van der Waals surface area contributed by atoms with Crippen LogP contribution in [0.4, 0.5) is 5.69 Å². The Morgan fingerprint density at radius 2 is 1.47 bits per heavy atom. The van der Waals surface area contributed by atoms with Gasteiger partial charge >= 0.3 is 0 Å². The van der Waals surface area contributed by atoms with Gasteiger partial charge in [-0.15, -0.1) is 0 Å². The smallest absolute Gasteiger partial charge is 0.0346 e. The summed E-state index contributed by atoms with van der Waals surface area (Å²) in [5.74, 6) is 0. The fourth-order valence-electron chi connectivity index (χ4n) is 1.77. The molecule has 0 aliphatic carbocycles. The van der Waals surface area contributed by atoms with Crippen molar-refractivity contribution >= 4 is 5.69 Å². The first kappa shape index (κ1) is 9.78. The Morgan fingerprint density at radius 3 is 2.13 bits per heavy atom. The first-order valence-corrected chi connectivity index (χ1v) is 5.11. The van der Waals surface area contributed by atoms with E-state index < -0.39 is 0 Å². The second-order valence-electron chi connectivity index (χ2n) is 3.82. The van der Waals surface area contributed by atoms with E-state index in [-0.39, 0.29) is 0 Å². The molecule has 15 heavy (non-hydrogen) atoms. The monoisotopic (exact) mass is 197 g/mol. The molecule has 0 saturated carbocycles. The summed E-state index contributed by atoms with van der Waals surface area (Å²) in [6.07, 6.45) is 0. The molecule has 0 aliphatic heterocycles. The van der Waals surface area contributed by atoms with E-state index in [4.69, 9.17) is 5.73 Å². The van der Waals surface area contributed by atoms with Gasteiger partial charge in [-0.25, -0.2) is 0 Å². The molecular weight excluding hydrogens is 182 g/mol. The van der Waals surface area contributed by atoms with Gasteiger partial charge in [0, 0.05) is 5.69 Å². The lowest BCUT2D eigenvalue weighted by Gasteiger charge is -2.10. The summed E-state index contributed by atoms with van der Waals surface area (Å²) in [6.45, 7) is 4.19. The third-order valence-electron chi connectivity index (χ3n) is 2.91. The van der Waals surface area contributed by atoms with Crippen molar-refractivity contribution in [3.63, 3.8) is 0 Å². The van der Waals surface area contributed by atoms with E-state index in [1.54, 1.807) is 0 Å². The van der Waals surface area contributed by atoms with Crippen LogP contribution < -0.4 is 5.73 Å². The largest absolute Gasteiger partial charge is 0.399 e. The Morgan fingerprint density at radius 1 is 0.800 bits per heavy atom. The van der Waals surface area contributed by atoms with E-state index in [1.165, 1.54) is 22.3 Å². The molecule has 0 spiro atoms. The zero-order valence-electron chi connectivity index (χ0n) is 9.12. The molecule has 2 aromatic carbocycles. The maximum atomic E-state index is 5.87. The van der Waals surface area contributed by atoms with Gasteiger partial charge in [-0.05, 0) is 42.2 Å². The molecule has 1 nitrogen and oxygen atoms in total. The molecule has 0 radical (unpaired) electrons. The fraction of sp³-hybridized carbons (Fsp3) is 0.143. The van der Waals surface area contributed by atoms with Crippen LogP contribution in [0.15, 0.2) is 42.5 Å². The van der Waals surface area contributed by atoms with Crippen LogP contribution in [-0.2, 0) is 0 Å². The van der Waals surface area contributed by atoms with Gasteiger partial charge in [-0.1, -0.05) is 36.4 Å². The summed E-state index contributed by atoms with van der Waals surface area (Å²) < 4.78 is 0. The zero-order chi connectivity index (χ0) is 10.8. The standard InChI is InChI=1S/C14H15N/c1-10-11(2)14(15)9-8-13(10)12-6-4-3-5-7-12/h3-9H,15H2,1-2H3. The highest BCUT2D eigenvalue weighted by atomic mass is 14.6. The number of hydrogen-bond donors (Lipinski definition) is 1. The third-order valence-corrected chi connectivity index (χ3v) is 2.91. The zero-order valence-corrected chi connectivity index (χ0v) is 9.12. The van der Waals surface area contributed by atoms with Crippen LogP contribution in [0.25, 0.3) is 11.1 Å². The number of anilines is 1. The van der Waals surface area contributed by atoms with Crippen molar-refractivity contribution in [3.8, 4) is 11.1 Å². The molecule has 0 atom stereocenters. The SMILES string of the molecule is Cc1c(N)ccc(-c2ccccc2)c1C. The molecule has 0 fully saturated rings. The van der Waals surface area contributed by atoms with E-state index in [0.717, 1.165) is 5.69 Å². The molecule has 2 aromatic rings. The van der Waals surface area contributed by atoms with Gasteiger partial charge in [-0.3, -0.25) is 0 Å². The average Bonchev–Trinajstić information content (AvgIpc) is 2.27. The molecule has 2 rings (SSSR count). The average molecular weight is 197 g/mol. The topological polar surface area (TPSA) is 26.0 Å². The summed E-state index contributed by atoms with van der Waals surface area (Å²) >= 11 is 0. The quantitative estimate of drug-likeness (QED) is 0.695. The van der Waals surface area contributed by atoms with E-state index in [1.807, 2.05) is 12.1 Å². The van der Waals surface area contributed by atoms with Crippen molar-refractivity contribution in [2.45, 2.75) is 13.8 Å². The van der Waals surface area contributed by atoms with Crippen molar-refractivity contribution in [1.29, 1.82) is 0 Å². The van der Waals surface area contributed by atoms with Crippen LogP contribution in [-0.4, -0.2) is 0 Å². The van der Waals surface area contributed by atoms with Crippen LogP contribution in [0, 0.1) is 13.8 Å². The van der Waals surface area contributed by atoms with Crippen LogP contribution in [0.5, 0.6) is 0 Å². The number of benzene rings is 2. The van der Waals surface area contributed by atoms with Gasteiger partial charge in [-0.2, -0.15) is 0 Å². The highest BCUT2D eigenvalue weighted by Crippen LogP contribution is 2.28. The lowest BCUT2D eigenvalue weighted by Crippen LogP contribution is -1.94. The molecule has 0 amide bonds. The molecule has 0 heterocycles. The van der Waals surface area contributed by atoms with Crippen molar-refractivity contribution in [2.24, 2.45) is 0 Å². The third kappa shape index (κ3) is 1.73. The first-order chi connectivity index (χ1) is 7.20. The van der Waals surface area contributed by atoms with Crippen molar-refractivity contribution in [2.75, 3.05) is 5.73 Å².